The highest BCUT2D eigenvalue weighted by molar-refractivity contribution is 6.34. The van der Waals surface area contributed by atoms with Crippen molar-refractivity contribution in [3.8, 4) is 34.5 Å². The predicted octanol–water partition coefficient (Wildman–Crippen LogP) is 10.1. The summed E-state index contributed by atoms with van der Waals surface area (Å²) in [6.07, 6.45) is 4.25. The number of nitrogen functional groups attached to an aromatic ring is 3. The lowest BCUT2D eigenvalue weighted by Gasteiger charge is -2.38. The largest absolute Gasteiger partial charge is 0.496 e. The number of piperidine rings is 3. The fourth-order valence-electron chi connectivity index (χ4n) is 11.3. The molecule has 96 heavy (non-hydrogen) atoms. The predicted molar refractivity (Wildman–Crippen MR) is 366 cm³/mol. The first-order chi connectivity index (χ1) is 46.2. The molecule has 6 atom stereocenters. The van der Waals surface area contributed by atoms with Crippen molar-refractivity contribution in [3.05, 3.63) is 158 Å². The number of ether oxygens (including phenoxy) is 9. The number of carbonyl (C=O) groups is 3. The Balaban J connectivity index is 0.000000203. The van der Waals surface area contributed by atoms with Gasteiger partial charge in [0.25, 0.3) is 17.7 Å². The van der Waals surface area contributed by atoms with Crippen LogP contribution in [0.25, 0.3) is 0 Å². The van der Waals surface area contributed by atoms with E-state index in [4.69, 9.17) is 94.6 Å². The standard InChI is InChI=1S/3C23H29ClFN3O4/c3*1-30-21-13-19(26)18(24)12-17(21)23(29)27-20-8-10-28(14-22(20)31-2)9-3-11-32-16-6-4-15(25)5-7-16/h3*4-7,12-13,20,22H,3,8-11,14,26H2,1-2H3,(H,27,29)/t3*20-,22+/m111/s1. The van der Waals surface area contributed by atoms with Gasteiger partial charge in [0.15, 0.2) is 0 Å². The zero-order valence-electron chi connectivity index (χ0n) is 54.8. The Morgan fingerprint density at radius 1 is 0.427 bits per heavy atom. The lowest BCUT2D eigenvalue weighted by molar-refractivity contribution is 0.00526. The number of carbonyl (C=O) groups excluding carboxylic acids is 3. The first kappa shape index (κ1) is 75.7. The smallest absolute Gasteiger partial charge is 0.255 e. The van der Waals surface area contributed by atoms with Crippen molar-refractivity contribution in [1.82, 2.24) is 30.7 Å². The Bertz CT molecular complexity index is 3090. The van der Waals surface area contributed by atoms with Crippen LogP contribution in [0.4, 0.5) is 30.2 Å². The summed E-state index contributed by atoms with van der Waals surface area (Å²) in [6, 6.07) is 26.8. The average molecular weight is 1400 g/mol. The van der Waals surface area contributed by atoms with Crippen molar-refractivity contribution in [2.24, 2.45) is 0 Å². The van der Waals surface area contributed by atoms with Crippen LogP contribution >= 0.6 is 34.8 Å². The van der Waals surface area contributed by atoms with Gasteiger partial charge < -0.3 is 90.5 Å². The normalized spacial score (nSPS) is 18.9. The van der Waals surface area contributed by atoms with E-state index in [0.29, 0.717) is 123 Å². The van der Waals surface area contributed by atoms with Gasteiger partial charge >= 0.3 is 0 Å². The van der Waals surface area contributed by atoms with Crippen molar-refractivity contribution >= 4 is 69.6 Å². The molecule has 21 nitrogen and oxygen atoms in total. The van der Waals surface area contributed by atoms with Crippen molar-refractivity contribution in [1.29, 1.82) is 0 Å². The van der Waals surface area contributed by atoms with E-state index in [-0.39, 0.29) is 71.6 Å². The van der Waals surface area contributed by atoms with Gasteiger partial charge in [-0.15, -0.1) is 0 Å². The molecule has 6 aromatic rings. The molecule has 522 valence electrons. The van der Waals surface area contributed by atoms with Gasteiger partial charge in [0.05, 0.1) is 126 Å². The molecule has 3 amide bonds. The molecule has 0 bridgehead atoms. The fourth-order valence-corrected chi connectivity index (χ4v) is 11.8. The summed E-state index contributed by atoms with van der Waals surface area (Å²) in [6.45, 7) is 8.66. The minimum Gasteiger partial charge on any atom is -0.496 e. The third-order valence-corrected chi connectivity index (χ3v) is 17.6. The number of nitrogens with one attached hydrogen (secondary N) is 3. The summed E-state index contributed by atoms with van der Waals surface area (Å²) in [4.78, 5) is 45.4. The Labute approximate surface area is 574 Å². The highest BCUT2D eigenvalue weighted by atomic mass is 35.5. The van der Waals surface area contributed by atoms with Gasteiger partial charge in [-0.3, -0.25) is 14.4 Å². The van der Waals surface area contributed by atoms with Crippen LogP contribution in [0, 0.1) is 17.5 Å². The van der Waals surface area contributed by atoms with E-state index in [9.17, 15) is 27.6 Å². The maximum Gasteiger partial charge on any atom is 0.255 e. The van der Waals surface area contributed by atoms with Gasteiger partial charge in [0.2, 0.25) is 0 Å². The van der Waals surface area contributed by atoms with Crippen LogP contribution in [-0.2, 0) is 14.2 Å². The zero-order valence-corrected chi connectivity index (χ0v) is 57.1. The van der Waals surface area contributed by atoms with Crippen LogP contribution in [0.1, 0.15) is 69.6 Å². The molecule has 3 aliphatic rings. The molecule has 3 saturated heterocycles. The number of halogens is 6. The number of methoxy groups -OCH3 is 6. The number of likely N-dealkylation sites (tertiary alicyclic amines) is 3. The number of rotatable bonds is 27. The SMILES string of the molecule is COc1cc(N)c(Cl)cc1C(=O)N[C@@H]1CCN(CCCOc2ccc(F)cc2)C[C@@H]1OC.COc1cc(N)c(Cl)cc1C(=O)N[C@@H]1CCN(CCCOc2ccc(F)cc2)C[C@@H]1OC.COc1cc(N)c(Cl)cc1C(=O)N[C@@H]1CCN(CCCOc2ccc(F)cc2)C[C@@H]1OC. The van der Waals surface area contributed by atoms with Gasteiger partial charge in [-0.05, 0) is 130 Å². The van der Waals surface area contributed by atoms with Gasteiger partial charge in [-0.25, -0.2) is 13.2 Å². The average Bonchev–Trinajstić information content (AvgIpc) is 0.932. The van der Waals surface area contributed by atoms with E-state index in [1.165, 1.54) is 75.9 Å². The maximum absolute atomic E-state index is 12.9. The second kappa shape index (κ2) is 38.3. The fraction of sp³-hybridized carbons (Fsp3) is 0.435. The zero-order chi connectivity index (χ0) is 69.3. The highest BCUT2D eigenvalue weighted by Gasteiger charge is 2.34. The number of amides is 3. The van der Waals surface area contributed by atoms with E-state index < -0.39 is 0 Å². The number of hydrogen-bond acceptors (Lipinski definition) is 18. The number of nitrogens with two attached hydrogens (primary N) is 3. The maximum atomic E-state index is 12.9. The molecule has 3 aliphatic heterocycles. The number of benzene rings is 6. The molecule has 0 aliphatic carbocycles. The van der Waals surface area contributed by atoms with E-state index in [1.54, 1.807) is 75.9 Å². The molecule has 0 spiro atoms. The Morgan fingerprint density at radius 3 is 0.906 bits per heavy atom. The molecule has 27 heteroatoms. The van der Waals surface area contributed by atoms with Gasteiger partial charge in [-0.1, -0.05) is 34.8 Å². The van der Waals surface area contributed by atoms with Crippen LogP contribution in [0.3, 0.4) is 0 Å². The third kappa shape index (κ3) is 22.7. The quantitative estimate of drug-likeness (QED) is 0.0207. The van der Waals surface area contributed by atoms with Gasteiger partial charge in [-0.2, -0.15) is 0 Å². The van der Waals surface area contributed by atoms with E-state index in [2.05, 4.69) is 30.7 Å². The molecule has 6 aromatic carbocycles. The van der Waals surface area contributed by atoms with Crippen LogP contribution in [0.15, 0.2) is 109 Å². The molecule has 3 heterocycles. The van der Waals surface area contributed by atoms with Crippen molar-refractivity contribution < 1.29 is 70.2 Å². The Hall–Kier alpha value is -7.65. The second-order valence-corrected chi connectivity index (χ2v) is 24.2. The molecule has 9 N–H and O–H groups in total. The van der Waals surface area contributed by atoms with E-state index in [0.717, 1.165) is 77.8 Å². The lowest BCUT2D eigenvalue weighted by atomic mass is 10.0. The van der Waals surface area contributed by atoms with E-state index >= 15 is 0 Å². The van der Waals surface area contributed by atoms with Crippen LogP contribution in [0.2, 0.25) is 15.1 Å². The molecule has 0 unspecified atom stereocenters. The third-order valence-electron chi connectivity index (χ3n) is 16.6. The van der Waals surface area contributed by atoms with Crippen LogP contribution < -0.4 is 61.6 Å². The molecular weight excluding hydrogens is 1310 g/mol. The lowest BCUT2D eigenvalue weighted by Crippen LogP contribution is -2.55. The summed E-state index contributed by atoms with van der Waals surface area (Å²) >= 11 is 18.3. The van der Waals surface area contributed by atoms with E-state index in [1.807, 2.05) is 0 Å². The monoisotopic (exact) mass is 1400 g/mol. The Morgan fingerprint density at radius 2 is 0.677 bits per heavy atom. The highest BCUT2D eigenvalue weighted by Crippen LogP contribution is 2.33. The second-order valence-electron chi connectivity index (χ2n) is 23.0. The Kier molecular flexibility index (Phi) is 30.2. The molecular formula is C69H87Cl3F3N9O12. The summed E-state index contributed by atoms with van der Waals surface area (Å²) in [5.41, 5.74) is 19.5. The molecule has 0 aromatic heterocycles. The molecule has 0 radical (unpaired) electrons. The van der Waals surface area contributed by atoms with Crippen molar-refractivity contribution in [2.45, 2.75) is 75.0 Å². The van der Waals surface area contributed by atoms with Gasteiger partial charge in [0, 0.05) is 98.4 Å². The summed E-state index contributed by atoms with van der Waals surface area (Å²) in [5, 5.41) is 10.0. The number of nitrogens with zero attached hydrogens (tertiary/aromatic N) is 3. The summed E-state index contributed by atoms with van der Waals surface area (Å²) in [5.74, 6) is 1.39. The molecule has 0 saturated carbocycles. The van der Waals surface area contributed by atoms with Gasteiger partial charge in [0.1, 0.15) is 51.9 Å². The minimum atomic E-state index is -0.282. The van der Waals surface area contributed by atoms with Crippen molar-refractivity contribution in [3.63, 3.8) is 0 Å². The topological polar surface area (TPSA) is 258 Å². The number of anilines is 3. The minimum absolute atomic E-state index is 0.139. The van der Waals surface area contributed by atoms with Crippen molar-refractivity contribution in [2.75, 3.05) is 139 Å². The van der Waals surface area contributed by atoms with Crippen LogP contribution in [0.5, 0.6) is 34.5 Å². The molecule has 3 fully saturated rings. The summed E-state index contributed by atoms with van der Waals surface area (Å²) < 4.78 is 88.6. The molecule has 9 rings (SSSR count). The number of hydrogen-bond donors (Lipinski definition) is 6. The first-order valence-corrected chi connectivity index (χ1v) is 32.6. The van der Waals surface area contributed by atoms with Crippen LogP contribution in [-0.4, -0.2) is 190 Å². The summed E-state index contributed by atoms with van der Waals surface area (Å²) in [7, 11) is 9.38. The first-order valence-electron chi connectivity index (χ1n) is 31.4.